The predicted molar refractivity (Wildman–Crippen MR) is 184 cm³/mol. The van der Waals surface area contributed by atoms with Gasteiger partial charge in [-0.05, 0) is 73.1 Å². The smallest absolute Gasteiger partial charge is 0.241 e. The maximum atomic E-state index is 12.0. The summed E-state index contributed by atoms with van der Waals surface area (Å²) in [5.74, 6) is 0.0684. The summed E-state index contributed by atoms with van der Waals surface area (Å²) in [6.45, 7) is 35.1. The highest BCUT2D eigenvalue weighted by molar-refractivity contribution is 7.90. The fraction of sp³-hybridized carbons (Fsp3) is 0.906. The zero-order chi connectivity index (χ0) is 36.8. The van der Waals surface area contributed by atoms with Crippen molar-refractivity contribution in [2.45, 2.75) is 158 Å². The van der Waals surface area contributed by atoms with Gasteiger partial charge in [0.2, 0.25) is 20.0 Å². The lowest BCUT2D eigenvalue weighted by Crippen LogP contribution is -2.47. The Morgan fingerprint density at radius 1 is 0.848 bits per heavy atom. The first-order valence-electron chi connectivity index (χ1n) is 15.7. The summed E-state index contributed by atoms with van der Waals surface area (Å²) in [5, 5.41) is 7.88. The Morgan fingerprint density at radius 3 is 1.59 bits per heavy atom. The maximum absolute atomic E-state index is 12.0. The predicted octanol–water partition coefficient (Wildman–Crippen LogP) is 5.26. The van der Waals surface area contributed by atoms with Crippen LogP contribution in [0.2, 0.25) is 0 Å². The van der Waals surface area contributed by atoms with E-state index in [-0.39, 0.29) is 34.0 Å². The second kappa shape index (κ2) is 13.5. The molecule has 3 heterocycles. The van der Waals surface area contributed by atoms with E-state index in [0.717, 1.165) is 0 Å². The number of epoxide rings is 2. The lowest BCUT2D eigenvalue weighted by molar-refractivity contribution is 0.0852. The number of carbonyl (C=O) groups excluding carboxylic acids is 1. The van der Waals surface area contributed by atoms with Crippen molar-refractivity contribution < 1.29 is 31.1 Å². The van der Waals surface area contributed by atoms with Crippen molar-refractivity contribution in [2.75, 3.05) is 12.4 Å². The van der Waals surface area contributed by atoms with E-state index in [0.29, 0.717) is 12.3 Å². The third-order valence-corrected chi connectivity index (χ3v) is 10.5. The van der Waals surface area contributed by atoms with Gasteiger partial charge in [0.05, 0.1) is 24.1 Å². The van der Waals surface area contributed by atoms with Crippen LogP contribution in [-0.4, -0.2) is 78.2 Å². The number of hydrogen-bond acceptors (Lipinski definition) is 9. The Morgan fingerprint density at radius 2 is 1.30 bits per heavy atom. The second-order valence-corrected chi connectivity index (χ2v) is 22.1. The second-order valence-electron chi connectivity index (χ2n) is 18.6. The quantitative estimate of drug-likeness (QED) is 0.299. The molecule has 0 aromatic carbocycles. The number of ketones is 1. The molecular weight excluding hydrogens is 631 g/mol. The van der Waals surface area contributed by atoms with Crippen LogP contribution in [0.4, 0.5) is 0 Å². The van der Waals surface area contributed by atoms with Gasteiger partial charge in [-0.25, -0.2) is 31.0 Å². The van der Waals surface area contributed by atoms with Crippen molar-refractivity contribution in [3.63, 3.8) is 0 Å². The molecular formula is C32H63N5O7S2. The van der Waals surface area contributed by atoms with E-state index in [1.54, 1.807) is 10.9 Å². The summed E-state index contributed by atoms with van der Waals surface area (Å²) in [6.07, 6.45) is 1.52. The molecule has 2 aliphatic heterocycles. The molecule has 2 fully saturated rings. The van der Waals surface area contributed by atoms with E-state index in [1.807, 2.05) is 125 Å². The zero-order valence-electron chi connectivity index (χ0n) is 31.7. The van der Waals surface area contributed by atoms with Crippen molar-refractivity contribution in [3.05, 3.63) is 11.9 Å². The minimum atomic E-state index is -3.35. The molecule has 3 rings (SSSR count). The van der Waals surface area contributed by atoms with Crippen molar-refractivity contribution in [1.29, 1.82) is 0 Å². The van der Waals surface area contributed by atoms with Gasteiger partial charge < -0.3 is 9.47 Å². The molecule has 1 aromatic heterocycles. The summed E-state index contributed by atoms with van der Waals surface area (Å²) < 4.78 is 65.2. The van der Waals surface area contributed by atoms with E-state index in [4.69, 9.17) is 9.47 Å². The zero-order valence-corrected chi connectivity index (χ0v) is 33.3. The average Bonchev–Trinajstić information content (AvgIpc) is 3.65. The molecule has 0 bridgehead atoms. The van der Waals surface area contributed by atoms with E-state index in [2.05, 4.69) is 19.8 Å². The monoisotopic (exact) mass is 693 g/mol. The van der Waals surface area contributed by atoms with Crippen LogP contribution in [0.15, 0.2) is 6.20 Å². The first-order chi connectivity index (χ1) is 19.9. The van der Waals surface area contributed by atoms with Crippen LogP contribution < -0.4 is 9.44 Å². The number of rotatable bonds is 6. The first-order valence-corrected chi connectivity index (χ1v) is 18.9. The molecule has 0 spiro atoms. The van der Waals surface area contributed by atoms with Crippen molar-refractivity contribution in [1.82, 2.24) is 24.4 Å². The lowest BCUT2D eigenvalue weighted by atomic mass is 9.82. The minimum absolute atomic E-state index is 0.0259. The number of aromatic nitrogens is 3. The maximum Gasteiger partial charge on any atom is 0.241 e. The molecule has 2 aliphatic rings. The summed E-state index contributed by atoms with van der Waals surface area (Å²) in [6, 6.07) is 0. The summed E-state index contributed by atoms with van der Waals surface area (Å²) >= 11 is 0. The normalized spacial score (nSPS) is 22.7. The molecule has 0 saturated carbocycles. The van der Waals surface area contributed by atoms with Crippen LogP contribution in [-0.2, 0) is 35.1 Å². The summed E-state index contributed by atoms with van der Waals surface area (Å²) in [5.41, 5.74) is -2.46. The number of Topliss-reactive ketones (excluding diaryl/α,β-unsaturated/α-hetero) is 1. The van der Waals surface area contributed by atoms with Crippen LogP contribution in [0.5, 0.6) is 0 Å². The number of carbonyl (C=O) groups is 1. The van der Waals surface area contributed by atoms with Gasteiger partial charge in [0.25, 0.3) is 0 Å². The van der Waals surface area contributed by atoms with Crippen LogP contribution >= 0.6 is 0 Å². The largest absolute Gasteiger partial charge is 0.368 e. The van der Waals surface area contributed by atoms with E-state index >= 15 is 0 Å². The van der Waals surface area contributed by atoms with Crippen LogP contribution in [0.3, 0.4) is 0 Å². The molecule has 14 heteroatoms. The van der Waals surface area contributed by atoms with Gasteiger partial charge in [0, 0.05) is 16.5 Å². The molecule has 1 aromatic rings. The fourth-order valence-corrected chi connectivity index (χ4v) is 8.33. The molecule has 2 saturated heterocycles. The molecule has 0 aliphatic carbocycles. The Hall–Kier alpha value is -1.45. The van der Waals surface area contributed by atoms with Gasteiger partial charge in [0.15, 0.2) is 11.2 Å². The topological polar surface area (TPSA) is 165 Å². The minimum Gasteiger partial charge on any atom is -0.368 e. The highest BCUT2D eigenvalue weighted by atomic mass is 32.2. The Labute approximate surface area is 279 Å². The summed E-state index contributed by atoms with van der Waals surface area (Å²) in [4.78, 5) is 11.9. The van der Waals surface area contributed by atoms with Gasteiger partial charge in [-0.3, -0.25) is 4.79 Å². The molecule has 46 heavy (non-hydrogen) atoms. The van der Waals surface area contributed by atoms with Crippen LogP contribution in [0.25, 0.3) is 0 Å². The van der Waals surface area contributed by atoms with Gasteiger partial charge in [-0.2, -0.15) is 0 Å². The fourth-order valence-electron chi connectivity index (χ4n) is 4.14. The third kappa shape index (κ3) is 13.6. The van der Waals surface area contributed by atoms with Crippen LogP contribution in [0.1, 0.15) is 135 Å². The van der Waals surface area contributed by atoms with Crippen LogP contribution in [0, 0.1) is 16.2 Å². The third-order valence-electron chi connectivity index (χ3n) is 6.90. The van der Waals surface area contributed by atoms with E-state index in [1.165, 1.54) is 0 Å². The van der Waals surface area contributed by atoms with Crippen molar-refractivity contribution >= 4 is 25.8 Å². The first kappa shape index (κ1) is 42.6. The number of sulfonamides is 2. The molecule has 3 unspecified atom stereocenters. The Balaban J connectivity index is 0.000000345. The standard InChI is InChI=1S/C11H19N3O.C11H23NO3S.C10H21NO3S/c1-10(2,3)9(15)8-7-14(13-12-8)11(4,5)6;1-9(2,3)11(7-15-11)8-16(13,14)12-10(4,5)6;1-9(2,3)7-8(14-7)15(12,13)11-10(4,5)6/h7H,1-6H3;12H,7-8H2,1-6H3;7-8,11H,1-6H3. The Kier molecular flexibility index (Phi) is 12.5. The SMILES string of the molecule is CC(C)(C)C(=O)c1cn(C(C)(C)C)nn1.CC(C)(C)NS(=O)(=O)C1OC1C(C)(C)C.CC(C)(C)NS(=O)(=O)CC1(C(C)(C)C)CO1. The van der Waals surface area contributed by atoms with E-state index in [9.17, 15) is 21.6 Å². The Bertz CT molecular complexity index is 1410. The highest BCUT2D eigenvalue weighted by Crippen LogP contribution is 2.45. The molecule has 2 N–H and O–H groups in total. The molecule has 0 radical (unpaired) electrons. The van der Waals surface area contributed by atoms with Gasteiger partial charge in [-0.15, -0.1) is 5.10 Å². The van der Waals surface area contributed by atoms with Gasteiger partial charge >= 0.3 is 0 Å². The van der Waals surface area contributed by atoms with Crippen molar-refractivity contribution in [3.8, 4) is 0 Å². The highest BCUT2D eigenvalue weighted by Gasteiger charge is 2.57. The molecule has 270 valence electrons. The number of hydrogen-bond donors (Lipinski definition) is 2. The molecule has 0 amide bonds. The molecule has 12 nitrogen and oxygen atoms in total. The summed E-state index contributed by atoms with van der Waals surface area (Å²) in [7, 11) is -6.64. The number of ether oxygens (including phenoxy) is 2. The average molecular weight is 694 g/mol. The van der Waals surface area contributed by atoms with Gasteiger partial charge in [-0.1, -0.05) is 67.5 Å². The number of nitrogens with zero attached hydrogens (tertiary/aromatic N) is 3. The molecule has 3 atom stereocenters. The van der Waals surface area contributed by atoms with Crippen molar-refractivity contribution in [2.24, 2.45) is 16.2 Å². The van der Waals surface area contributed by atoms with Gasteiger partial charge in [0.1, 0.15) is 17.4 Å². The number of nitrogens with one attached hydrogen (secondary N) is 2. The lowest BCUT2D eigenvalue weighted by Gasteiger charge is -2.29. The van der Waals surface area contributed by atoms with E-state index < -0.39 is 47.6 Å².